The van der Waals surface area contributed by atoms with E-state index in [0.717, 1.165) is 96.3 Å². The number of hydrogen-bond acceptors (Lipinski definition) is 13. The molecule has 2 heterocycles. The van der Waals surface area contributed by atoms with E-state index >= 15 is 0 Å². The molecular formula is C70H117NO13. The number of allylic oxidation sites excluding steroid dienone is 19. The van der Waals surface area contributed by atoms with Crippen molar-refractivity contribution in [2.24, 2.45) is 0 Å². The van der Waals surface area contributed by atoms with Gasteiger partial charge in [0.1, 0.15) is 48.8 Å². The fourth-order valence-electron chi connectivity index (χ4n) is 9.93. The Labute approximate surface area is 508 Å². The Morgan fingerprint density at radius 3 is 1.26 bits per heavy atom. The minimum atomic E-state index is -1.80. The molecule has 0 radical (unpaired) electrons. The predicted molar refractivity (Wildman–Crippen MR) is 341 cm³/mol. The summed E-state index contributed by atoms with van der Waals surface area (Å²) in [5.74, 6) is -0.275. The summed E-state index contributed by atoms with van der Waals surface area (Å²) < 4.78 is 22.8. The highest BCUT2D eigenvalue weighted by Crippen LogP contribution is 2.30. The summed E-state index contributed by atoms with van der Waals surface area (Å²) in [5.41, 5.74) is 0. The molecule has 0 aromatic rings. The van der Waals surface area contributed by atoms with Crippen molar-refractivity contribution in [1.82, 2.24) is 5.32 Å². The van der Waals surface area contributed by atoms with Crippen LogP contribution in [0.1, 0.15) is 219 Å². The molecule has 0 aromatic heterocycles. The van der Waals surface area contributed by atoms with Gasteiger partial charge in [0, 0.05) is 6.42 Å². The van der Waals surface area contributed by atoms with Crippen molar-refractivity contribution in [3.05, 3.63) is 122 Å². The van der Waals surface area contributed by atoms with E-state index in [4.69, 9.17) is 18.9 Å². The number of ether oxygens (including phenoxy) is 4. The molecule has 0 aromatic carbocycles. The Kier molecular flexibility index (Phi) is 48.8. The van der Waals surface area contributed by atoms with Gasteiger partial charge in [0.25, 0.3) is 0 Å². The number of rotatable bonds is 51. The largest absolute Gasteiger partial charge is 0.394 e. The first-order valence-corrected chi connectivity index (χ1v) is 32.8. The topological polar surface area (TPSA) is 228 Å². The molecule has 0 saturated carbocycles. The summed E-state index contributed by atoms with van der Waals surface area (Å²) in [6, 6.07) is -0.943. The molecule has 14 heteroatoms. The number of aliphatic hydroxyl groups excluding tert-OH is 8. The minimum absolute atomic E-state index is 0.233. The predicted octanol–water partition coefficient (Wildman–Crippen LogP) is 12.6. The van der Waals surface area contributed by atoms with E-state index in [9.17, 15) is 45.6 Å². The Bertz CT molecular complexity index is 1870. The van der Waals surface area contributed by atoms with E-state index in [1.54, 1.807) is 6.08 Å². The molecule has 2 aliphatic heterocycles. The van der Waals surface area contributed by atoms with Gasteiger partial charge < -0.3 is 65.1 Å². The molecule has 2 saturated heterocycles. The molecule has 0 spiro atoms. The molecule has 2 fully saturated rings. The number of hydrogen-bond donors (Lipinski definition) is 9. The molecule has 480 valence electrons. The monoisotopic (exact) mass is 1180 g/mol. The van der Waals surface area contributed by atoms with Gasteiger partial charge >= 0.3 is 0 Å². The number of carbonyl (C=O) groups excluding carboxylic acids is 1. The normalized spacial score (nSPS) is 24.5. The first-order chi connectivity index (χ1) is 41.1. The van der Waals surface area contributed by atoms with Crippen LogP contribution in [0.4, 0.5) is 0 Å². The number of unbranched alkanes of at least 4 members (excludes halogenated alkanes) is 20. The number of aliphatic hydroxyl groups is 8. The second-order valence-corrected chi connectivity index (χ2v) is 22.5. The van der Waals surface area contributed by atoms with Gasteiger partial charge in [-0.15, -0.1) is 0 Å². The second kappa shape index (κ2) is 53.6. The van der Waals surface area contributed by atoms with Crippen molar-refractivity contribution in [3.8, 4) is 0 Å². The summed E-state index contributed by atoms with van der Waals surface area (Å²) in [6.45, 7) is 2.66. The molecule has 84 heavy (non-hydrogen) atoms. The van der Waals surface area contributed by atoms with Crippen LogP contribution in [-0.4, -0.2) is 140 Å². The summed E-state index contributed by atoms with van der Waals surface area (Å²) in [5, 5.41) is 87.3. The van der Waals surface area contributed by atoms with E-state index in [2.05, 4.69) is 129 Å². The third-order valence-corrected chi connectivity index (χ3v) is 15.2. The number of nitrogens with one attached hydrogen (secondary N) is 1. The van der Waals surface area contributed by atoms with Crippen molar-refractivity contribution in [2.45, 2.75) is 293 Å². The van der Waals surface area contributed by atoms with Crippen LogP contribution in [0.2, 0.25) is 0 Å². The highest BCUT2D eigenvalue weighted by molar-refractivity contribution is 5.76. The molecule has 2 aliphatic rings. The third-order valence-electron chi connectivity index (χ3n) is 15.2. The van der Waals surface area contributed by atoms with Crippen molar-refractivity contribution in [3.63, 3.8) is 0 Å². The molecule has 1 amide bonds. The first-order valence-electron chi connectivity index (χ1n) is 32.8. The van der Waals surface area contributed by atoms with Gasteiger partial charge in [0.2, 0.25) is 5.91 Å². The maximum atomic E-state index is 13.3. The number of carbonyl (C=O) groups is 1. The Balaban J connectivity index is 1.74. The first kappa shape index (κ1) is 76.5. The molecule has 14 nitrogen and oxygen atoms in total. The standard InChI is InChI=1S/C70H117NO13/c1-3-5-7-9-11-13-15-17-19-21-23-24-25-26-27-28-29-30-31-32-33-34-36-38-40-42-44-46-48-50-52-54-62(75)71-58(59(74)53-51-49-47-45-43-41-39-37-35-22-20-18-16-14-12-10-8-6-4-2)57-81-69-67(80)65(78)68(61(56-73)83-69)84-70-66(79)64(77)63(76)60(55-72)82-70/h5,7,11,13,17,19,23-24,26-27,29-30,32-33,36,38,42,44,51,53,58-61,63-70,72-74,76-80H,3-4,6,8-10,12,14-16,18,20-22,25,28,31,34-35,37,39-41,43,45-50,52,54-57H2,1-2H3,(H,71,75)/b7-5-,13-11-,19-17-,24-23-,27-26-,30-29-,33-32-,38-36-,44-42-,53-51+. The molecule has 0 bridgehead atoms. The fraction of sp³-hybridized carbons (Fsp3) is 0.700. The molecular weight excluding hydrogens is 1060 g/mol. The van der Waals surface area contributed by atoms with E-state index in [1.165, 1.54) is 96.3 Å². The van der Waals surface area contributed by atoms with Gasteiger partial charge in [-0.2, -0.15) is 0 Å². The zero-order valence-electron chi connectivity index (χ0n) is 51.8. The molecule has 9 N–H and O–H groups in total. The van der Waals surface area contributed by atoms with Crippen LogP contribution in [0, 0.1) is 0 Å². The van der Waals surface area contributed by atoms with Crippen molar-refractivity contribution < 1.29 is 64.6 Å². The van der Waals surface area contributed by atoms with E-state index < -0.39 is 86.8 Å². The molecule has 12 unspecified atom stereocenters. The smallest absolute Gasteiger partial charge is 0.220 e. The van der Waals surface area contributed by atoms with Gasteiger partial charge in [-0.1, -0.05) is 245 Å². The number of amides is 1. The van der Waals surface area contributed by atoms with Crippen LogP contribution in [0.5, 0.6) is 0 Å². The zero-order valence-corrected chi connectivity index (χ0v) is 51.8. The van der Waals surface area contributed by atoms with Crippen LogP contribution in [0.15, 0.2) is 122 Å². The quantitative estimate of drug-likeness (QED) is 0.0204. The second-order valence-electron chi connectivity index (χ2n) is 22.5. The van der Waals surface area contributed by atoms with Crippen LogP contribution in [-0.2, 0) is 23.7 Å². The van der Waals surface area contributed by atoms with Gasteiger partial charge in [-0.05, 0) is 89.9 Å². The summed E-state index contributed by atoms with van der Waals surface area (Å²) >= 11 is 0. The van der Waals surface area contributed by atoms with Crippen molar-refractivity contribution >= 4 is 5.91 Å². The zero-order chi connectivity index (χ0) is 60.9. The third kappa shape index (κ3) is 37.8. The Morgan fingerprint density at radius 1 is 0.440 bits per heavy atom. The van der Waals surface area contributed by atoms with Crippen LogP contribution < -0.4 is 5.32 Å². The molecule has 12 atom stereocenters. The van der Waals surface area contributed by atoms with Crippen molar-refractivity contribution in [2.75, 3.05) is 19.8 Å². The average Bonchev–Trinajstić information content (AvgIpc) is 3.18. The summed E-state index contributed by atoms with van der Waals surface area (Å²) in [4.78, 5) is 13.3. The highest BCUT2D eigenvalue weighted by atomic mass is 16.7. The molecule has 2 rings (SSSR count). The minimum Gasteiger partial charge on any atom is -0.394 e. The van der Waals surface area contributed by atoms with Gasteiger partial charge in [0.15, 0.2) is 12.6 Å². The van der Waals surface area contributed by atoms with Crippen LogP contribution in [0.3, 0.4) is 0 Å². The maximum absolute atomic E-state index is 13.3. The SMILES string of the molecule is CC/C=C\C/C=C\C/C=C\C/C=C\C/C=C\C/C=C\C/C=C\C/C=C\C/C=C\CCCCCC(=O)NC(COC1OC(CO)C(OC2OC(CO)C(O)C(O)C2O)C(O)C1O)C(O)/C=C/CCCCCCCCCCCCCCCCCCC. The lowest BCUT2D eigenvalue weighted by Crippen LogP contribution is -2.65. The van der Waals surface area contributed by atoms with Crippen molar-refractivity contribution in [1.29, 1.82) is 0 Å². The van der Waals surface area contributed by atoms with Crippen LogP contribution in [0.25, 0.3) is 0 Å². The van der Waals surface area contributed by atoms with Gasteiger partial charge in [-0.25, -0.2) is 0 Å². The van der Waals surface area contributed by atoms with Crippen LogP contribution >= 0.6 is 0 Å². The lowest BCUT2D eigenvalue weighted by atomic mass is 9.97. The van der Waals surface area contributed by atoms with E-state index in [1.807, 2.05) is 6.08 Å². The van der Waals surface area contributed by atoms with E-state index in [0.29, 0.717) is 6.42 Å². The summed E-state index contributed by atoms with van der Waals surface area (Å²) in [7, 11) is 0. The maximum Gasteiger partial charge on any atom is 0.220 e. The Morgan fingerprint density at radius 2 is 0.821 bits per heavy atom. The van der Waals surface area contributed by atoms with Gasteiger partial charge in [0.05, 0.1) is 32.0 Å². The Hall–Kier alpha value is -3.61. The summed E-state index contributed by atoms with van der Waals surface area (Å²) in [6.07, 6.45) is 60.9. The lowest BCUT2D eigenvalue weighted by molar-refractivity contribution is -0.359. The fourth-order valence-corrected chi connectivity index (χ4v) is 9.93. The average molecular weight is 1180 g/mol. The van der Waals surface area contributed by atoms with Gasteiger partial charge in [-0.3, -0.25) is 4.79 Å². The highest BCUT2D eigenvalue weighted by Gasteiger charge is 2.51. The lowest BCUT2D eigenvalue weighted by Gasteiger charge is -2.46. The van der Waals surface area contributed by atoms with E-state index in [-0.39, 0.29) is 18.9 Å². The molecule has 0 aliphatic carbocycles.